The van der Waals surface area contributed by atoms with E-state index in [9.17, 15) is 27.2 Å². The van der Waals surface area contributed by atoms with Crippen LogP contribution in [0.4, 0.5) is 17.6 Å². The lowest BCUT2D eigenvalue weighted by atomic mass is 10.1. The fourth-order valence-electron chi connectivity index (χ4n) is 1.13. The predicted molar refractivity (Wildman–Crippen MR) is 54.6 cm³/mol. The number of aromatic carboxylic acids is 1. The Balaban J connectivity index is 0.00000137. The summed E-state index contributed by atoms with van der Waals surface area (Å²) in [4.78, 5) is 21.0. The Kier molecular flexibility index (Phi) is 5.48. The number of hydrogen-bond donors (Lipinski definition) is 1. The maximum absolute atomic E-state index is 13.0. The summed E-state index contributed by atoms with van der Waals surface area (Å²) >= 11 is 0. The minimum Gasteiger partial charge on any atom is -0.477 e. The van der Waals surface area contributed by atoms with Gasteiger partial charge in [0.2, 0.25) is 0 Å². The topological polar surface area (TPSA) is 54.4 Å². The van der Waals surface area contributed by atoms with Crippen molar-refractivity contribution in [2.75, 3.05) is 0 Å². The van der Waals surface area contributed by atoms with E-state index in [2.05, 4.69) is 0 Å². The molecule has 18 heavy (non-hydrogen) atoms. The van der Waals surface area contributed by atoms with Crippen molar-refractivity contribution in [3.63, 3.8) is 0 Å². The number of halogens is 4. The lowest BCUT2D eigenvalue weighted by molar-refractivity contribution is 0.0682. The fourth-order valence-corrected chi connectivity index (χ4v) is 1.13. The van der Waals surface area contributed by atoms with E-state index in [1.807, 2.05) is 13.8 Å². The number of hydrogen-bond acceptors (Lipinski definition) is 2. The van der Waals surface area contributed by atoms with Crippen LogP contribution in [0.1, 0.15) is 41.5 Å². The first-order chi connectivity index (χ1) is 8.29. The van der Waals surface area contributed by atoms with Crippen LogP contribution in [-0.4, -0.2) is 16.9 Å². The zero-order valence-electron chi connectivity index (χ0n) is 9.78. The first-order valence-corrected chi connectivity index (χ1v) is 4.89. The van der Waals surface area contributed by atoms with Crippen LogP contribution in [0.5, 0.6) is 0 Å². The van der Waals surface area contributed by atoms with Crippen LogP contribution in [0.3, 0.4) is 0 Å². The molecule has 0 unspecified atom stereocenters. The van der Waals surface area contributed by atoms with Crippen molar-refractivity contribution in [1.82, 2.24) is 0 Å². The SMILES string of the molecule is CC.CC(=O)c1c(F)c(F)c(C(=O)O)c(F)c1F. The quantitative estimate of drug-likeness (QED) is 0.508. The van der Waals surface area contributed by atoms with Gasteiger partial charge in [0.15, 0.2) is 29.1 Å². The molecule has 0 saturated heterocycles. The molecule has 3 nitrogen and oxygen atoms in total. The number of carbonyl (C=O) groups excluding carboxylic acids is 1. The zero-order valence-corrected chi connectivity index (χ0v) is 9.78. The van der Waals surface area contributed by atoms with Crippen molar-refractivity contribution in [2.45, 2.75) is 20.8 Å². The fraction of sp³-hybridized carbons (Fsp3) is 0.273. The molecule has 0 fully saturated rings. The first kappa shape index (κ1) is 16.1. The monoisotopic (exact) mass is 266 g/mol. The molecule has 7 heteroatoms. The zero-order chi connectivity index (χ0) is 14.6. The molecular formula is C11H10F4O3. The van der Waals surface area contributed by atoms with Gasteiger partial charge in [-0.25, -0.2) is 22.4 Å². The third kappa shape index (κ3) is 2.66. The van der Waals surface area contributed by atoms with Crippen LogP contribution in [0.25, 0.3) is 0 Å². The van der Waals surface area contributed by atoms with E-state index in [4.69, 9.17) is 5.11 Å². The van der Waals surface area contributed by atoms with Crippen LogP contribution in [0.15, 0.2) is 0 Å². The second-order valence-corrected chi connectivity index (χ2v) is 2.87. The minimum atomic E-state index is -2.16. The highest BCUT2D eigenvalue weighted by Crippen LogP contribution is 2.24. The van der Waals surface area contributed by atoms with Gasteiger partial charge in [-0.2, -0.15) is 0 Å². The lowest BCUT2D eigenvalue weighted by Gasteiger charge is -2.06. The summed E-state index contributed by atoms with van der Waals surface area (Å²) in [5.74, 6) is -11.6. The third-order valence-corrected chi connectivity index (χ3v) is 1.83. The number of carboxylic acids is 1. The van der Waals surface area contributed by atoms with Crippen LogP contribution in [0, 0.1) is 23.3 Å². The summed E-state index contributed by atoms with van der Waals surface area (Å²) in [6.07, 6.45) is 0. The van der Waals surface area contributed by atoms with E-state index >= 15 is 0 Å². The van der Waals surface area contributed by atoms with E-state index in [-0.39, 0.29) is 0 Å². The summed E-state index contributed by atoms with van der Waals surface area (Å²) in [7, 11) is 0. The summed E-state index contributed by atoms with van der Waals surface area (Å²) < 4.78 is 52.1. The number of carboxylic acid groups (broad SMARTS) is 1. The Labute approximate surface area is 100 Å². The van der Waals surface area contributed by atoms with Crippen molar-refractivity contribution in [3.8, 4) is 0 Å². The highest BCUT2D eigenvalue weighted by atomic mass is 19.2. The molecule has 0 aliphatic rings. The van der Waals surface area contributed by atoms with E-state index in [1.54, 1.807) is 0 Å². The van der Waals surface area contributed by atoms with Gasteiger partial charge in [-0.3, -0.25) is 4.79 Å². The normalized spacial score (nSPS) is 9.50. The molecule has 0 spiro atoms. The number of carbonyl (C=O) groups is 2. The first-order valence-electron chi connectivity index (χ1n) is 4.89. The average molecular weight is 266 g/mol. The van der Waals surface area contributed by atoms with E-state index in [0.29, 0.717) is 6.92 Å². The number of ketones is 1. The highest BCUT2D eigenvalue weighted by Gasteiger charge is 2.30. The molecule has 0 aliphatic heterocycles. The van der Waals surface area contributed by atoms with E-state index < -0.39 is 46.1 Å². The van der Waals surface area contributed by atoms with E-state index in [1.165, 1.54) is 0 Å². The molecule has 0 amide bonds. The second kappa shape index (κ2) is 6.13. The second-order valence-electron chi connectivity index (χ2n) is 2.87. The Morgan fingerprint density at radius 1 is 0.833 bits per heavy atom. The van der Waals surface area contributed by atoms with Crippen molar-refractivity contribution >= 4 is 11.8 Å². The summed E-state index contributed by atoms with van der Waals surface area (Å²) in [5, 5.41) is 8.33. The molecule has 1 rings (SSSR count). The van der Waals surface area contributed by atoms with Crippen molar-refractivity contribution in [1.29, 1.82) is 0 Å². The Bertz CT molecular complexity index is 424. The van der Waals surface area contributed by atoms with Crippen molar-refractivity contribution in [2.24, 2.45) is 0 Å². The highest BCUT2D eigenvalue weighted by molar-refractivity contribution is 5.96. The van der Waals surface area contributed by atoms with Gasteiger partial charge in [0.1, 0.15) is 5.56 Å². The van der Waals surface area contributed by atoms with Gasteiger partial charge in [0.05, 0.1) is 5.56 Å². The molecule has 0 saturated carbocycles. The molecule has 1 N–H and O–H groups in total. The van der Waals surface area contributed by atoms with Gasteiger partial charge >= 0.3 is 5.97 Å². The molecule has 1 aromatic rings. The predicted octanol–water partition coefficient (Wildman–Crippen LogP) is 3.17. The third-order valence-electron chi connectivity index (χ3n) is 1.83. The Morgan fingerprint density at radius 3 is 1.33 bits per heavy atom. The largest absolute Gasteiger partial charge is 0.477 e. The summed E-state index contributed by atoms with van der Waals surface area (Å²) in [6, 6.07) is 0. The Morgan fingerprint density at radius 2 is 1.11 bits per heavy atom. The smallest absolute Gasteiger partial charge is 0.341 e. The molecule has 0 radical (unpaired) electrons. The number of Topliss-reactive ketones (excluding diaryl/α,β-unsaturated/α-hetero) is 1. The Hall–Kier alpha value is -1.92. The maximum atomic E-state index is 13.0. The van der Waals surface area contributed by atoms with Gasteiger partial charge in [-0.05, 0) is 6.92 Å². The molecule has 0 atom stereocenters. The summed E-state index contributed by atoms with van der Waals surface area (Å²) in [6.45, 7) is 4.70. The van der Waals surface area contributed by atoms with Crippen LogP contribution >= 0.6 is 0 Å². The molecule has 1 aromatic carbocycles. The van der Waals surface area contributed by atoms with Gasteiger partial charge in [-0.15, -0.1) is 0 Å². The van der Waals surface area contributed by atoms with Gasteiger partial charge in [0.25, 0.3) is 0 Å². The van der Waals surface area contributed by atoms with Crippen LogP contribution < -0.4 is 0 Å². The van der Waals surface area contributed by atoms with Crippen LogP contribution in [0.2, 0.25) is 0 Å². The van der Waals surface area contributed by atoms with Crippen molar-refractivity contribution < 1.29 is 32.3 Å². The van der Waals surface area contributed by atoms with Gasteiger partial charge < -0.3 is 5.11 Å². The average Bonchev–Trinajstić information content (AvgIpc) is 2.29. The van der Waals surface area contributed by atoms with Crippen LogP contribution in [-0.2, 0) is 0 Å². The molecule has 0 bridgehead atoms. The molecule has 0 aromatic heterocycles. The molecule has 0 aliphatic carbocycles. The molecule has 0 heterocycles. The number of rotatable bonds is 2. The van der Waals surface area contributed by atoms with Crippen molar-refractivity contribution in [3.05, 3.63) is 34.4 Å². The molecular weight excluding hydrogens is 256 g/mol. The van der Waals surface area contributed by atoms with Gasteiger partial charge in [-0.1, -0.05) is 13.8 Å². The van der Waals surface area contributed by atoms with Gasteiger partial charge in [0, 0.05) is 0 Å². The molecule has 100 valence electrons. The summed E-state index contributed by atoms with van der Waals surface area (Å²) in [5.41, 5.74) is -3.19. The number of benzene rings is 1. The minimum absolute atomic E-state index is 0.695. The lowest BCUT2D eigenvalue weighted by Crippen LogP contribution is -2.15. The standard InChI is InChI=1S/C9H4F4O3.C2H6/c1-2(14)3-5(10)7(12)4(9(15)16)8(13)6(3)11;1-2/h1H3,(H,15,16);1-2H3. The van der Waals surface area contributed by atoms with E-state index in [0.717, 1.165) is 0 Å². The maximum Gasteiger partial charge on any atom is 0.341 e.